The first-order valence-corrected chi connectivity index (χ1v) is 11.4. The van der Waals surface area contributed by atoms with Crippen LogP contribution in [0.1, 0.15) is 28.4 Å². The van der Waals surface area contributed by atoms with Crippen molar-refractivity contribution in [2.45, 2.75) is 50.2 Å². The Morgan fingerprint density at radius 2 is 1.44 bits per heavy atom. The summed E-state index contributed by atoms with van der Waals surface area (Å²) in [5, 5.41) is 40.1. The normalized spacial score (nSPS) is 24.5. The van der Waals surface area contributed by atoms with Crippen molar-refractivity contribution in [1.29, 1.82) is 0 Å². The summed E-state index contributed by atoms with van der Waals surface area (Å²) in [7, 11) is 0. The molecule has 1 heterocycles. The smallest absolute Gasteiger partial charge is 0.406 e. The second-order valence-corrected chi connectivity index (χ2v) is 8.88. The summed E-state index contributed by atoms with van der Waals surface area (Å²) in [5.41, 5.74) is 5.16. The van der Waals surface area contributed by atoms with Gasteiger partial charge in [-0.15, -0.1) is 13.2 Å². The van der Waals surface area contributed by atoms with Gasteiger partial charge in [-0.2, -0.15) is 0 Å². The second-order valence-electron chi connectivity index (χ2n) is 8.88. The highest BCUT2D eigenvalue weighted by Gasteiger charge is 2.44. The molecule has 6 nitrogen and oxygen atoms in total. The Hall–Kier alpha value is -2.95. The van der Waals surface area contributed by atoms with E-state index in [4.69, 9.17) is 4.74 Å². The van der Waals surface area contributed by atoms with Gasteiger partial charge in [-0.05, 0) is 58.9 Å². The lowest BCUT2D eigenvalue weighted by atomic mass is 9.89. The maximum atomic E-state index is 12.4. The fraction of sp³-hybridized carbons (Fsp3) is 0.333. The van der Waals surface area contributed by atoms with Gasteiger partial charge in [0, 0.05) is 0 Å². The van der Waals surface area contributed by atoms with E-state index in [9.17, 15) is 33.6 Å². The van der Waals surface area contributed by atoms with E-state index in [2.05, 4.69) is 4.74 Å². The number of ether oxygens (including phenoxy) is 2. The summed E-state index contributed by atoms with van der Waals surface area (Å²) >= 11 is 0. The minimum Gasteiger partial charge on any atom is -0.406 e. The third kappa shape index (κ3) is 5.88. The van der Waals surface area contributed by atoms with E-state index in [0.717, 1.165) is 27.8 Å². The fourth-order valence-electron chi connectivity index (χ4n) is 4.32. The van der Waals surface area contributed by atoms with Crippen molar-refractivity contribution in [3.05, 3.63) is 89.0 Å². The molecule has 1 aliphatic heterocycles. The van der Waals surface area contributed by atoms with E-state index in [1.165, 1.54) is 12.1 Å². The Morgan fingerprint density at radius 3 is 2.03 bits per heavy atom. The molecule has 4 rings (SSSR count). The largest absolute Gasteiger partial charge is 0.573 e. The topological polar surface area (TPSA) is 99.4 Å². The van der Waals surface area contributed by atoms with Gasteiger partial charge in [-0.3, -0.25) is 0 Å². The number of hydrogen-bond acceptors (Lipinski definition) is 6. The molecule has 3 aromatic rings. The molecule has 36 heavy (non-hydrogen) atoms. The molecule has 1 fully saturated rings. The average molecular weight is 505 g/mol. The summed E-state index contributed by atoms with van der Waals surface area (Å²) < 4.78 is 46.7. The molecule has 0 amide bonds. The Kier molecular flexibility index (Phi) is 7.67. The number of alkyl halides is 3. The van der Waals surface area contributed by atoms with E-state index in [1.54, 1.807) is 18.2 Å². The molecular formula is C27H27F3O6. The number of rotatable bonds is 6. The Bertz CT molecular complexity index is 1160. The Balaban J connectivity index is 1.49. The van der Waals surface area contributed by atoms with Crippen molar-refractivity contribution in [2.24, 2.45) is 0 Å². The van der Waals surface area contributed by atoms with Crippen LogP contribution < -0.4 is 4.74 Å². The van der Waals surface area contributed by atoms with Crippen molar-refractivity contribution in [1.82, 2.24) is 0 Å². The molecule has 1 saturated heterocycles. The van der Waals surface area contributed by atoms with Gasteiger partial charge in [-0.1, -0.05) is 54.6 Å². The summed E-state index contributed by atoms with van der Waals surface area (Å²) in [6, 6.07) is 18.8. The van der Waals surface area contributed by atoms with Crippen LogP contribution in [0.4, 0.5) is 13.2 Å². The number of aryl methyl sites for hydroxylation is 1. The summed E-state index contributed by atoms with van der Waals surface area (Å²) in [5.74, 6) is -0.280. The van der Waals surface area contributed by atoms with Gasteiger partial charge in [0.25, 0.3) is 0 Å². The van der Waals surface area contributed by atoms with E-state index < -0.39 is 43.5 Å². The first kappa shape index (κ1) is 26.1. The van der Waals surface area contributed by atoms with Crippen LogP contribution in [0, 0.1) is 6.92 Å². The monoisotopic (exact) mass is 504 g/mol. The van der Waals surface area contributed by atoms with Crippen molar-refractivity contribution in [3.8, 4) is 16.9 Å². The highest BCUT2D eigenvalue weighted by Crippen LogP contribution is 2.34. The lowest BCUT2D eigenvalue weighted by Gasteiger charge is -2.40. The molecule has 0 aliphatic carbocycles. The zero-order valence-corrected chi connectivity index (χ0v) is 19.4. The molecule has 0 saturated carbocycles. The molecule has 3 aromatic carbocycles. The lowest BCUT2D eigenvalue weighted by molar-refractivity contribution is -0.274. The van der Waals surface area contributed by atoms with Crippen LogP contribution in [-0.4, -0.2) is 57.8 Å². The minimum absolute atomic E-state index is 0.280. The van der Waals surface area contributed by atoms with Crippen LogP contribution in [0.15, 0.2) is 66.7 Å². The molecule has 0 aromatic heterocycles. The van der Waals surface area contributed by atoms with Gasteiger partial charge in [0.1, 0.15) is 36.3 Å². The van der Waals surface area contributed by atoms with Gasteiger partial charge in [0.15, 0.2) is 0 Å². The molecular weight excluding hydrogens is 477 g/mol. The molecule has 0 spiro atoms. The van der Waals surface area contributed by atoms with Crippen molar-refractivity contribution in [3.63, 3.8) is 0 Å². The maximum Gasteiger partial charge on any atom is 0.573 e. The van der Waals surface area contributed by atoms with Crippen molar-refractivity contribution in [2.75, 3.05) is 6.61 Å². The minimum atomic E-state index is -4.73. The average Bonchev–Trinajstić information content (AvgIpc) is 2.84. The van der Waals surface area contributed by atoms with Crippen molar-refractivity contribution < 1.29 is 43.1 Å². The predicted octanol–water partition coefficient (Wildman–Crippen LogP) is 3.67. The zero-order valence-electron chi connectivity index (χ0n) is 19.4. The third-order valence-corrected chi connectivity index (χ3v) is 6.36. The van der Waals surface area contributed by atoms with Crippen molar-refractivity contribution >= 4 is 0 Å². The number of aliphatic hydroxyl groups is 4. The number of halogens is 3. The Labute approximate surface area is 206 Å². The summed E-state index contributed by atoms with van der Waals surface area (Å²) in [4.78, 5) is 0. The van der Waals surface area contributed by atoms with E-state index >= 15 is 0 Å². The van der Waals surface area contributed by atoms with Crippen LogP contribution in [0.3, 0.4) is 0 Å². The summed E-state index contributed by atoms with van der Waals surface area (Å²) in [6.07, 6.45) is -10.3. The molecule has 0 radical (unpaired) electrons. The SMILES string of the molecule is Cc1ccc(C2OC(CO)C(O)C(O)C2O)cc1Cc1ccc(-c2ccc(OC(F)(F)F)cc2)cc1. The van der Waals surface area contributed by atoms with Gasteiger partial charge in [-0.25, -0.2) is 0 Å². The van der Waals surface area contributed by atoms with E-state index in [1.807, 2.05) is 43.3 Å². The van der Waals surface area contributed by atoms with Gasteiger partial charge < -0.3 is 29.9 Å². The molecule has 4 N–H and O–H groups in total. The number of aliphatic hydroxyl groups excluding tert-OH is 4. The van der Waals surface area contributed by atoms with Crippen LogP contribution in [-0.2, 0) is 11.2 Å². The molecule has 192 valence electrons. The van der Waals surface area contributed by atoms with Crippen LogP contribution >= 0.6 is 0 Å². The first-order valence-electron chi connectivity index (χ1n) is 11.4. The zero-order chi connectivity index (χ0) is 26.0. The van der Waals surface area contributed by atoms with E-state index in [0.29, 0.717) is 12.0 Å². The van der Waals surface area contributed by atoms with Crippen LogP contribution in [0.25, 0.3) is 11.1 Å². The highest BCUT2D eigenvalue weighted by atomic mass is 19.4. The van der Waals surface area contributed by atoms with E-state index in [-0.39, 0.29) is 5.75 Å². The quantitative estimate of drug-likeness (QED) is 0.409. The second kappa shape index (κ2) is 10.6. The Morgan fingerprint density at radius 1 is 0.833 bits per heavy atom. The molecule has 1 aliphatic rings. The number of benzene rings is 3. The summed E-state index contributed by atoms with van der Waals surface area (Å²) in [6.45, 7) is 1.45. The predicted molar refractivity (Wildman–Crippen MR) is 125 cm³/mol. The molecule has 5 unspecified atom stereocenters. The maximum absolute atomic E-state index is 12.4. The third-order valence-electron chi connectivity index (χ3n) is 6.36. The van der Waals surface area contributed by atoms with Crippen LogP contribution in [0.5, 0.6) is 5.75 Å². The molecule has 9 heteroatoms. The number of hydrogen-bond donors (Lipinski definition) is 4. The van der Waals surface area contributed by atoms with Crippen LogP contribution in [0.2, 0.25) is 0 Å². The fourth-order valence-corrected chi connectivity index (χ4v) is 4.32. The van der Waals surface area contributed by atoms with Gasteiger partial charge >= 0.3 is 6.36 Å². The lowest BCUT2D eigenvalue weighted by Crippen LogP contribution is -2.55. The van der Waals surface area contributed by atoms with Gasteiger partial charge in [0.2, 0.25) is 0 Å². The highest BCUT2D eigenvalue weighted by molar-refractivity contribution is 5.64. The first-order chi connectivity index (χ1) is 17.1. The standard InChI is InChI=1S/C27H27F3O6/c1-15-2-5-19(26-25(34)24(33)23(32)22(14-31)35-26)13-20(15)12-16-3-6-17(7-4-16)18-8-10-21(11-9-18)36-27(28,29)30/h2-11,13,22-26,31-34H,12,14H2,1H3. The molecule has 5 atom stereocenters. The van der Waals surface area contributed by atoms with Gasteiger partial charge in [0.05, 0.1) is 6.61 Å². The molecule has 0 bridgehead atoms.